The smallest absolute Gasteiger partial charge is 0.326 e. The maximum atomic E-state index is 11.1. The standard InChI is InChI=1S/C9H11NO3/c1-2-8(11)10-6-4-3-5-7(10)9(12)13/h1,7H,3-6H2,(H,12,13)/t7-/m1/s1. The van der Waals surface area contributed by atoms with E-state index in [1.165, 1.54) is 4.90 Å². The summed E-state index contributed by atoms with van der Waals surface area (Å²) in [5, 5.41) is 8.79. The number of hydrogen-bond acceptors (Lipinski definition) is 2. The Morgan fingerprint density at radius 2 is 2.15 bits per heavy atom. The fourth-order valence-corrected chi connectivity index (χ4v) is 1.51. The largest absolute Gasteiger partial charge is 0.480 e. The Bertz CT molecular complexity index is 267. The number of amides is 1. The van der Waals surface area contributed by atoms with E-state index in [0.29, 0.717) is 13.0 Å². The fourth-order valence-electron chi connectivity index (χ4n) is 1.51. The van der Waals surface area contributed by atoms with Crippen LogP contribution in [0.5, 0.6) is 0 Å². The summed E-state index contributed by atoms with van der Waals surface area (Å²) in [7, 11) is 0. The van der Waals surface area contributed by atoms with Gasteiger partial charge >= 0.3 is 5.97 Å². The Morgan fingerprint density at radius 1 is 1.46 bits per heavy atom. The zero-order valence-electron chi connectivity index (χ0n) is 7.19. The number of carboxylic acids is 1. The molecule has 1 N–H and O–H groups in total. The third kappa shape index (κ3) is 2.00. The zero-order valence-corrected chi connectivity index (χ0v) is 7.19. The van der Waals surface area contributed by atoms with Crippen molar-refractivity contribution < 1.29 is 14.7 Å². The van der Waals surface area contributed by atoms with Crippen LogP contribution in [0.15, 0.2) is 0 Å². The number of nitrogens with zero attached hydrogens (tertiary/aromatic N) is 1. The van der Waals surface area contributed by atoms with Gasteiger partial charge in [0.25, 0.3) is 5.91 Å². The Labute approximate surface area is 76.5 Å². The lowest BCUT2D eigenvalue weighted by Gasteiger charge is -2.31. The average molecular weight is 181 g/mol. The molecular weight excluding hydrogens is 170 g/mol. The molecule has 0 spiro atoms. The predicted octanol–water partition coefficient (Wildman–Crippen LogP) is 0.0853. The first-order chi connectivity index (χ1) is 6.16. The molecule has 0 radical (unpaired) electrons. The number of carbonyl (C=O) groups is 2. The quantitative estimate of drug-likeness (QED) is 0.583. The topological polar surface area (TPSA) is 57.6 Å². The van der Waals surface area contributed by atoms with Crippen LogP contribution in [0.3, 0.4) is 0 Å². The molecule has 13 heavy (non-hydrogen) atoms. The third-order valence-electron chi connectivity index (χ3n) is 2.17. The molecule has 1 fully saturated rings. The van der Waals surface area contributed by atoms with Crippen molar-refractivity contribution in [2.24, 2.45) is 0 Å². The minimum absolute atomic E-state index is 0.458. The third-order valence-corrected chi connectivity index (χ3v) is 2.17. The number of likely N-dealkylation sites (tertiary alicyclic amines) is 1. The molecule has 0 unspecified atom stereocenters. The average Bonchev–Trinajstić information content (AvgIpc) is 2.16. The number of piperidine rings is 1. The van der Waals surface area contributed by atoms with E-state index in [4.69, 9.17) is 11.5 Å². The molecule has 1 heterocycles. The second-order valence-electron chi connectivity index (χ2n) is 2.99. The summed E-state index contributed by atoms with van der Waals surface area (Å²) in [5.41, 5.74) is 0. The van der Waals surface area contributed by atoms with Gasteiger partial charge in [-0.3, -0.25) is 4.79 Å². The molecule has 0 aliphatic carbocycles. The van der Waals surface area contributed by atoms with Crippen LogP contribution in [0.4, 0.5) is 0 Å². The van der Waals surface area contributed by atoms with Crippen molar-refractivity contribution >= 4 is 11.9 Å². The molecule has 4 heteroatoms. The SMILES string of the molecule is C#CC(=O)N1CCCC[C@@H]1C(=O)O. The van der Waals surface area contributed by atoms with Crippen LogP contribution < -0.4 is 0 Å². The van der Waals surface area contributed by atoms with Crippen molar-refractivity contribution in [1.82, 2.24) is 4.90 Å². The number of carbonyl (C=O) groups excluding carboxylic acids is 1. The van der Waals surface area contributed by atoms with E-state index in [1.807, 2.05) is 5.92 Å². The summed E-state index contributed by atoms with van der Waals surface area (Å²) >= 11 is 0. The summed E-state index contributed by atoms with van der Waals surface area (Å²) in [6.07, 6.45) is 7.10. The molecule has 1 saturated heterocycles. The van der Waals surface area contributed by atoms with Crippen molar-refractivity contribution in [2.75, 3.05) is 6.54 Å². The predicted molar refractivity (Wildman–Crippen MR) is 45.8 cm³/mol. The molecule has 1 amide bonds. The molecule has 1 atom stereocenters. The highest BCUT2D eigenvalue weighted by Gasteiger charge is 2.30. The maximum absolute atomic E-state index is 11.1. The van der Waals surface area contributed by atoms with Crippen LogP contribution >= 0.6 is 0 Å². The first-order valence-corrected chi connectivity index (χ1v) is 4.17. The number of carboxylic acid groups (broad SMARTS) is 1. The molecule has 1 aliphatic rings. The van der Waals surface area contributed by atoms with E-state index in [9.17, 15) is 9.59 Å². The van der Waals surface area contributed by atoms with Gasteiger partial charge in [-0.1, -0.05) is 0 Å². The summed E-state index contributed by atoms with van der Waals surface area (Å²) in [4.78, 5) is 23.1. The number of rotatable bonds is 1. The van der Waals surface area contributed by atoms with Crippen molar-refractivity contribution in [3.63, 3.8) is 0 Å². The van der Waals surface area contributed by atoms with E-state index in [-0.39, 0.29) is 0 Å². The van der Waals surface area contributed by atoms with E-state index >= 15 is 0 Å². The van der Waals surface area contributed by atoms with Gasteiger partial charge in [-0.25, -0.2) is 4.79 Å². The minimum atomic E-state index is -0.969. The summed E-state index contributed by atoms with van der Waals surface area (Å²) in [6, 6.07) is -0.725. The normalized spacial score (nSPS) is 22.1. The van der Waals surface area contributed by atoms with Crippen molar-refractivity contribution in [3.05, 3.63) is 0 Å². The lowest BCUT2D eigenvalue weighted by molar-refractivity contribution is -0.149. The second kappa shape index (κ2) is 3.94. The molecule has 0 aromatic carbocycles. The van der Waals surface area contributed by atoms with E-state index in [1.54, 1.807) is 0 Å². The van der Waals surface area contributed by atoms with Gasteiger partial charge < -0.3 is 10.0 Å². The van der Waals surface area contributed by atoms with E-state index < -0.39 is 17.9 Å². The number of terminal acetylenes is 1. The lowest BCUT2D eigenvalue weighted by atomic mass is 10.0. The maximum Gasteiger partial charge on any atom is 0.326 e. The number of hydrogen-bond donors (Lipinski definition) is 1. The van der Waals surface area contributed by atoms with Crippen LogP contribution in [-0.4, -0.2) is 34.5 Å². The summed E-state index contributed by atoms with van der Waals surface area (Å²) < 4.78 is 0. The van der Waals surface area contributed by atoms with E-state index in [0.717, 1.165) is 12.8 Å². The van der Waals surface area contributed by atoms with Crippen molar-refractivity contribution in [3.8, 4) is 12.3 Å². The Morgan fingerprint density at radius 3 is 2.69 bits per heavy atom. The second-order valence-corrected chi connectivity index (χ2v) is 2.99. The first kappa shape index (κ1) is 9.59. The molecular formula is C9H11NO3. The van der Waals surface area contributed by atoms with Gasteiger partial charge in [-0.2, -0.15) is 0 Å². The van der Waals surface area contributed by atoms with Gasteiger partial charge in [0.05, 0.1) is 0 Å². The van der Waals surface area contributed by atoms with Crippen LogP contribution in [0.25, 0.3) is 0 Å². The molecule has 0 saturated carbocycles. The van der Waals surface area contributed by atoms with E-state index in [2.05, 4.69) is 0 Å². The van der Waals surface area contributed by atoms with Gasteiger partial charge in [0.2, 0.25) is 0 Å². The minimum Gasteiger partial charge on any atom is -0.480 e. The highest BCUT2D eigenvalue weighted by atomic mass is 16.4. The van der Waals surface area contributed by atoms with Crippen LogP contribution in [0.2, 0.25) is 0 Å². The monoisotopic (exact) mass is 181 g/mol. The van der Waals surface area contributed by atoms with Crippen molar-refractivity contribution in [1.29, 1.82) is 0 Å². The van der Waals surface area contributed by atoms with Crippen LogP contribution in [0, 0.1) is 12.3 Å². The Balaban J connectivity index is 2.74. The lowest BCUT2D eigenvalue weighted by Crippen LogP contribution is -2.47. The first-order valence-electron chi connectivity index (χ1n) is 4.17. The highest BCUT2D eigenvalue weighted by molar-refractivity contribution is 5.95. The molecule has 0 bridgehead atoms. The molecule has 0 aromatic rings. The number of aliphatic carboxylic acids is 1. The van der Waals surface area contributed by atoms with Crippen LogP contribution in [-0.2, 0) is 9.59 Å². The highest BCUT2D eigenvalue weighted by Crippen LogP contribution is 2.16. The molecule has 4 nitrogen and oxygen atoms in total. The Kier molecular flexibility index (Phi) is 2.91. The zero-order chi connectivity index (χ0) is 9.84. The fraction of sp³-hybridized carbons (Fsp3) is 0.556. The van der Waals surface area contributed by atoms with Gasteiger partial charge in [-0.05, 0) is 25.2 Å². The molecule has 1 rings (SSSR count). The van der Waals surface area contributed by atoms with Gasteiger partial charge in [-0.15, -0.1) is 6.42 Å². The van der Waals surface area contributed by atoms with Gasteiger partial charge in [0, 0.05) is 6.54 Å². The Hall–Kier alpha value is -1.50. The molecule has 70 valence electrons. The van der Waals surface area contributed by atoms with Gasteiger partial charge in [0.1, 0.15) is 6.04 Å². The van der Waals surface area contributed by atoms with Crippen molar-refractivity contribution in [2.45, 2.75) is 25.3 Å². The summed E-state index contributed by atoms with van der Waals surface area (Å²) in [5.74, 6) is 0.453. The summed E-state index contributed by atoms with van der Waals surface area (Å²) in [6.45, 7) is 0.458. The molecule has 0 aromatic heterocycles. The molecule has 1 aliphatic heterocycles. The van der Waals surface area contributed by atoms with Gasteiger partial charge in [0.15, 0.2) is 0 Å². The van der Waals surface area contributed by atoms with Crippen LogP contribution in [0.1, 0.15) is 19.3 Å².